The molecule has 2 aliphatic rings. The van der Waals surface area contributed by atoms with Crippen LogP contribution in [0.4, 0.5) is 0 Å². The maximum absolute atomic E-state index is 10.3. The van der Waals surface area contributed by atoms with Crippen LogP contribution in [0.2, 0.25) is 0 Å². The molecule has 27 heavy (non-hydrogen) atoms. The monoisotopic (exact) mass is 364 g/mol. The number of aliphatic hydroxyl groups is 1. The van der Waals surface area contributed by atoms with Gasteiger partial charge in [0.25, 0.3) is 0 Å². The van der Waals surface area contributed by atoms with Crippen LogP contribution in [0.5, 0.6) is 5.75 Å². The number of terminal acetylenes is 1. The normalized spacial score (nSPS) is 26.6. The highest BCUT2D eigenvalue weighted by Crippen LogP contribution is 2.46. The van der Waals surface area contributed by atoms with Gasteiger partial charge in [-0.05, 0) is 60.7 Å². The third kappa shape index (κ3) is 3.35. The number of methoxy groups -OCH3 is 1. The number of hydrogen-bond acceptors (Lipinski definition) is 4. The van der Waals surface area contributed by atoms with E-state index >= 15 is 0 Å². The molecule has 2 unspecified atom stereocenters. The first kappa shape index (κ1) is 18.1. The number of benzene rings is 2. The fraction of sp³-hybridized carbons (Fsp3) is 0.391. The number of fused-ring (bicyclic) bond motifs is 2. The van der Waals surface area contributed by atoms with Crippen molar-refractivity contribution < 1.29 is 19.3 Å². The summed E-state index contributed by atoms with van der Waals surface area (Å²) in [5.74, 6) is 2.77. The summed E-state index contributed by atoms with van der Waals surface area (Å²) in [5.41, 5.74) is 5.12. The summed E-state index contributed by atoms with van der Waals surface area (Å²) >= 11 is 0. The van der Waals surface area contributed by atoms with Gasteiger partial charge >= 0.3 is 0 Å². The van der Waals surface area contributed by atoms with E-state index in [-0.39, 0.29) is 6.10 Å². The standard InChI is InChI=1S/C23H24O4/c1-4-17-11-19-14-26-23(13-20(24)9-15(2)27-23)22(19)12-18(17)10-16-5-7-21(25-3)8-6-16/h1,5-8,11-12,15,20,24H,9-10,13-14H2,2-3H3/t15?,20?,23-/m1/s1. The molecule has 2 aromatic rings. The first-order chi connectivity index (χ1) is 13.0. The Labute approximate surface area is 160 Å². The van der Waals surface area contributed by atoms with E-state index in [0.29, 0.717) is 25.9 Å². The van der Waals surface area contributed by atoms with Crippen LogP contribution in [0.3, 0.4) is 0 Å². The van der Waals surface area contributed by atoms with Crippen molar-refractivity contribution in [1.29, 1.82) is 0 Å². The molecule has 0 aliphatic carbocycles. The van der Waals surface area contributed by atoms with E-state index < -0.39 is 11.9 Å². The lowest BCUT2D eigenvalue weighted by molar-refractivity contribution is -0.295. The maximum atomic E-state index is 10.3. The summed E-state index contributed by atoms with van der Waals surface area (Å²) in [6.07, 6.45) is 7.07. The molecule has 0 saturated carbocycles. The van der Waals surface area contributed by atoms with Crippen LogP contribution < -0.4 is 4.74 Å². The lowest BCUT2D eigenvalue weighted by Gasteiger charge is -2.39. The van der Waals surface area contributed by atoms with Gasteiger partial charge in [-0.3, -0.25) is 0 Å². The van der Waals surface area contributed by atoms with E-state index in [0.717, 1.165) is 33.6 Å². The van der Waals surface area contributed by atoms with Gasteiger partial charge in [0, 0.05) is 17.5 Å². The van der Waals surface area contributed by atoms with E-state index in [1.165, 1.54) is 0 Å². The lowest BCUT2D eigenvalue weighted by atomic mass is 9.88. The average Bonchev–Trinajstić information content (AvgIpc) is 2.97. The summed E-state index contributed by atoms with van der Waals surface area (Å²) < 4.78 is 17.5. The highest BCUT2D eigenvalue weighted by molar-refractivity contribution is 5.50. The van der Waals surface area contributed by atoms with Gasteiger partial charge in [0.15, 0.2) is 5.79 Å². The van der Waals surface area contributed by atoms with Gasteiger partial charge in [-0.2, -0.15) is 0 Å². The Morgan fingerprint density at radius 2 is 2.07 bits per heavy atom. The van der Waals surface area contributed by atoms with Gasteiger partial charge in [-0.1, -0.05) is 18.1 Å². The second-order valence-corrected chi connectivity index (χ2v) is 7.40. The molecule has 1 fully saturated rings. The molecular weight excluding hydrogens is 340 g/mol. The van der Waals surface area contributed by atoms with Crippen molar-refractivity contribution in [3.05, 3.63) is 64.2 Å². The van der Waals surface area contributed by atoms with Crippen molar-refractivity contribution >= 4 is 0 Å². The van der Waals surface area contributed by atoms with Crippen LogP contribution in [0, 0.1) is 12.3 Å². The second-order valence-electron chi connectivity index (χ2n) is 7.40. The fourth-order valence-corrected chi connectivity index (χ4v) is 4.14. The van der Waals surface area contributed by atoms with E-state index in [4.69, 9.17) is 20.6 Å². The Bertz CT molecular complexity index is 868. The van der Waals surface area contributed by atoms with Gasteiger partial charge in [0.2, 0.25) is 0 Å². The molecule has 140 valence electrons. The Morgan fingerprint density at radius 1 is 1.30 bits per heavy atom. The zero-order chi connectivity index (χ0) is 19.0. The zero-order valence-corrected chi connectivity index (χ0v) is 15.7. The third-order valence-electron chi connectivity index (χ3n) is 5.41. The molecule has 2 aliphatic heterocycles. The summed E-state index contributed by atoms with van der Waals surface area (Å²) in [6, 6.07) is 12.1. The largest absolute Gasteiger partial charge is 0.497 e. The third-order valence-corrected chi connectivity index (χ3v) is 5.41. The summed E-state index contributed by atoms with van der Waals surface area (Å²) in [6.45, 7) is 2.42. The smallest absolute Gasteiger partial charge is 0.198 e. The van der Waals surface area contributed by atoms with E-state index in [9.17, 15) is 5.11 Å². The number of ether oxygens (including phenoxy) is 3. The van der Waals surface area contributed by atoms with Crippen molar-refractivity contribution in [2.75, 3.05) is 7.11 Å². The molecule has 1 saturated heterocycles. The van der Waals surface area contributed by atoms with Gasteiger partial charge in [-0.25, -0.2) is 0 Å². The van der Waals surface area contributed by atoms with Crippen LogP contribution in [0.25, 0.3) is 0 Å². The molecule has 2 heterocycles. The number of aliphatic hydroxyl groups excluding tert-OH is 1. The maximum Gasteiger partial charge on any atom is 0.198 e. The minimum Gasteiger partial charge on any atom is -0.497 e. The van der Waals surface area contributed by atoms with Gasteiger partial charge in [-0.15, -0.1) is 6.42 Å². The molecule has 4 heteroatoms. The van der Waals surface area contributed by atoms with Crippen LogP contribution in [0.1, 0.15) is 47.6 Å². The first-order valence-electron chi connectivity index (χ1n) is 9.28. The summed E-state index contributed by atoms with van der Waals surface area (Å²) in [5, 5.41) is 10.3. The SMILES string of the molecule is C#Cc1cc2c(cc1Cc1ccc(OC)cc1)[C@]1(CC(O)CC(C)O1)OC2. The topological polar surface area (TPSA) is 47.9 Å². The molecule has 3 atom stereocenters. The Morgan fingerprint density at radius 3 is 2.74 bits per heavy atom. The molecule has 2 aromatic carbocycles. The minimum atomic E-state index is -0.867. The fourth-order valence-electron chi connectivity index (χ4n) is 4.14. The molecule has 1 N–H and O–H groups in total. The molecule has 0 bridgehead atoms. The van der Waals surface area contributed by atoms with E-state index in [2.05, 4.69) is 12.0 Å². The van der Waals surface area contributed by atoms with Crippen LogP contribution >= 0.6 is 0 Å². The lowest BCUT2D eigenvalue weighted by Crippen LogP contribution is -2.43. The Kier molecular flexibility index (Phi) is 4.69. The molecule has 4 rings (SSSR count). The molecule has 4 nitrogen and oxygen atoms in total. The Hall–Kier alpha value is -2.32. The van der Waals surface area contributed by atoms with E-state index in [1.807, 2.05) is 37.3 Å². The van der Waals surface area contributed by atoms with Crippen molar-refractivity contribution in [3.63, 3.8) is 0 Å². The molecular formula is C23H24O4. The summed E-state index contributed by atoms with van der Waals surface area (Å²) in [4.78, 5) is 0. The van der Waals surface area contributed by atoms with Crippen LogP contribution in [-0.4, -0.2) is 24.4 Å². The molecule has 0 radical (unpaired) electrons. The quantitative estimate of drug-likeness (QED) is 0.847. The van der Waals surface area contributed by atoms with Crippen molar-refractivity contribution in [2.24, 2.45) is 0 Å². The Balaban J connectivity index is 1.71. The highest BCUT2D eigenvalue weighted by Gasteiger charge is 2.47. The average molecular weight is 364 g/mol. The second kappa shape index (κ2) is 7.01. The van der Waals surface area contributed by atoms with Crippen molar-refractivity contribution in [2.45, 2.75) is 50.8 Å². The highest BCUT2D eigenvalue weighted by atomic mass is 16.7. The van der Waals surface area contributed by atoms with E-state index in [1.54, 1.807) is 7.11 Å². The molecule has 1 spiro atoms. The van der Waals surface area contributed by atoms with Crippen LogP contribution in [0.15, 0.2) is 36.4 Å². The summed E-state index contributed by atoms with van der Waals surface area (Å²) in [7, 11) is 1.66. The van der Waals surface area contributed by atoms with Crippen molar-refractivity contribution in [3.8, 4) is 18.1 Å². The molecule has 0 amide bonds. The predicted molar refractivity (Wildman–Crippen MR) is 102 cm³/mol. The van der Waals surface area contributed by atoms with Crippen molar-refractivity contribution in [1.82, 2.24) is 0 Å². The predicted octanol–water partition coefficient (Wildman–Crippen LogP) is 3.51. The van der Waals surface area contributed by atoms with Gasteiger partial charge < -0.3 is 19.3 Å². The van der Waals surface area contributed by atoms with Gasteiger partial charge in [0.1, 0.15) is 5.75 Å². The minimum absolute atomic E-state index is 0.0583. The van der Waals surface area contributed by atoms with Crippen LogP contribution in [-0.2, 0) is 28.3 Å². The zero-order valence-electron chi connectivity index (χ0n) is 15.7. The number of hydrogen-bond donors (Lipinski definition) is 1. The first-order valence-corrected chi connectivity index (χ1v) is 9.28. The van der Waals surface area contributed by atoms with Gasteiger partial charge in [0.05, 0.1) is 25.9 Å². The number of rotatable bonds is 3. The molecule has 0 aromatic heterocycles.